The van der Waals surface area contributed by atoms with Crippen molar-refractivity contribution in [2.24, 2.45) is 5.73 Å². The molecule has 0 aliphatic heterocycles. The van der Waals surface area contributed by atoms with Crippen LogP contribution >= 0.6 is 0 Å². The van der Waals surface area contributed by atoms with E-state index in [-0.39, 0.29) is 6.04 Å². The monoisotopic (exact) mass is 137 g/mol. The lowest BCUT2D eigenvalue weighted by molar-refractivity contribution is 0.461. The predicted molar refractivity (Wildman–Crippen MR) is 44.1 cm³/mol. The van der Waals surface area contributed by atoms with Gasteiger partial charge in [-0.1, -0.05) is 12.4 Å². The lowest BCUT2D eigenvalue weighted by Gasteiger charge is -2.01. The van der Waals surface area contributed by atoms with Crippen molar-refractivity contribution in [3.63, 3.8) is 0 Å². The molecule has 0 radical (unpaired) electrons. The molecular weight excluding hydrogens is 125 g/mol. The van der Waals surface area contributed by atoms with Crippen LogP contribution in [0, 0.1) is 0 Å². The minimum atomic E-state index is 0.0636. The maximum Gasteiger partial charge on any atom is 0.143 e. The molecule has 54 valence electrons. The summed E-state index contributed by atoms with van der Waals surface area (Å²) in [6.07, 6.45) is 2.65. The second-order valence-electron chi connectivity index (χ2n) is 2.54. The number of rotatable bonds is 2. The molecule has 0 fully saturated rings. The Morgan fingerprint density at radius 2 is 2.50 bits per heavy atom. The molecule has 10 heavy (non-hydrogen) atoms. The largest absolute Gasteiger partial charge is 0.468 e. The first-order valence-electron chi connectivity index (χ1n) is 3.54. The van der Waals surface area contributed by atoms with Crippen molar-refractivity contribution in [1.29, 1.82) is 0 Å². The molecule has 0 amide bonds. The molecule has 2 N–H and O–H groups in total. The molecule has 0 saturated heterocycles. The first-order valence-corrected chi connectivity index (χ1v) is 3.54. The first-order chi connectivity index (χ1) is 4.74. The average Bonchev–Trinajstić information content (AvgIpc) is 2.34. The van der Waals surface area contributed by atoms with Crippen molar-refractivity contribution in [1.82, 2.24) is 0 Å². The van der Waals surface area contributed by atoms with Crippen LogP contribution in [0.1, 0.15) is 25.1 Å². The van der Waals surface area contributed by atoms with Gasteiger partial charge in [0.05, 0.1) is 12.3 Å². The Bertz CT molecular complexity index is 209. The maximum absolute atomic E-state index is 5.71. The molecule has 1 rings (SSSR count). The van der Waals surface area contributed by atoms with E-state index in [1.54, 1.807) is 6.26 Å². The number of nitrogens with two attached hydrogens (primary N) is 1. The molecule has 0 aromatic carbocycles. The molecule has 1 aromatic rings. The van der Waals surface area contributed by atoms with E-state index in [1.807, 2.05) is 20.8 Å². The highest BCUT2D eigenvalue weighted by Crippen LogP contribution is 2.11. The summed E-state index contributed by atoms with van der Waals surface area (Å²) >= 11 is 0. The van der Waals surface area contributed by atoms with Gasteiger partial charge in [-0.2, -0.15) is 0 Å². The zero-order valence-corrected chi connectivity index (χ0v) is 6.42. The minimum Gasteiger partial charge on any atom is -0.468 e. The predicted octanol–water partition coefficient (Wildman–Crippen LogP) is -0.0522. The maximum atomic E-state index is 5.71. The van der Waals surface area contributed by atoms with Crippen LogP contribution in [0.25, 0.3) is 0 Å². The van der Waals surface area contributed by atoms with Crippen molar-refractivity contribution in [3.05, 3.63) is 18.1 Å². The first kappa shape index (κ1) is 7.41. The van der Waals surface area contributed by atoms with Gasteiger partial charge in [-0.3, -0.25) is 0 Å². The van der Waals surface area contributed by atoms with E-state index < -0.39 is 0 Å². The van der Waals surface area contributed by atoms with E-state index >= 15 is 0 Å². The summed E-state index contributed by atoms with van der Waals surface area (Å²) in [5, 5.41) is 0. The fourth-order valence-corrected chi connectivity index (χ4v) is 0.849. The zero-order valence-electron chi connectivity index (χ0n) is 6.42. The smallest absolute Gasteiger partial charge is 0.143 e. The van der Waals surface area contributed by atoms with Crippen LogP contribution in [0.2, 0.25) is 0 Å². The SMILES string of the molecule is Bc1coc(C(N)CC)c1. The summed E-state index contributed by atoms with van der Waals surface area (Å²) in [5.74, 6) is 0.889. The molecule has 3 heteroatoms. The van der Waals surface area contributed by atoms with E-state index in [2.05, 4.69) is 0 Å². The second kappa shape index (κ2) is 2.93. The Morgan fingerprint density at radius 1 is 1.80 bits per heavy atom. The standard InChI is InChI=1S/C7H12BNO/c1-2-6(9)7-3-5(8)4-10-7/h3-4,6H,2,8-9H2,1H3. The summed E-state index contributed by atoms with van der Waals surface area (Å²) in [6.45, 7) is 2.04. The molecule has 0 spiro atoms. The highest BCUT2D eigenvalue weighted by atomic mass is 16.3. The van der Waals surface area contributed by atoms with Gasteiger partial charge in [0.1, 0.15) is 13.6 Å². The highest BCUT2D eigenvalue weighted by molar-refractivity contribution is 6.32. The molecule has 0 bridgehead atoms. The van der Waals surface area contributed by atoms with Gasteiger partial charge in [0.15, 0.2) is 0 Å². The number of furan rings is 1. The van der Waals surface area contributed by atoms with Gasteiger partial charge in [-0.05, 0) is 12.5 Å². The van der Waals surface area contributed by atoms with Crippen LogP contribution in [0.4, 0.5) is 0 Å². The van der Waals surface area contributed by atoms with Gasteiger partial charge in [0, 0.05) is 0 Å². The van der Waals surface area contributed by atoms with Crippen molar-refractivity contribution in [3.8, 4) is 0 Å². The molecule has 1 atom stereocenters. The van der Waals surface area contributed by atoms with Gasteiger partial charge in [-0.15, -0.1) is 0 Å². The van der Waals surface area contributed by atoms with Crippen LogP contribution in [0.3, 0.4) is 0 Å². The third kappa shape index (κ3) is 1.42. The van der Waals surface area contributed by atoms with Crippen molar-refractivity contribution in [2.75, 3.05) is 0 Å². The van der Waals surface area contributed by atoms with E-state index in [4.69, 9.17) is 10.2 Å². The van der Waals surface area contributed by atoms with Crippen molar-refractivity contribution in [2.45, 2.75) is 19.4 Å². The van der Waals surface area contributed by atoms with Gasteiger partial charge >= 0.3 is 0 Å². The number of hydrogen-bond donors (Lipinski definition) is 1. The second-order valence-corrected chi connectivity index (χ2v) is 2.54. The lowest BCUT2D eigenvalue weighted by atomic mass is 9.99. The molecule has 0 saturated carbocycles. The van der Waals surface area contributed by atoms with Crippen molar-refractivity contribution < 1.29 is 4.42 Å². The molecule has 0 aliphatic rings. The quantitative estimate of drug-likeness (QED) is 0.580. The Kier molecular flexibility index (Phi) is 2.17. The third-order valence-corrected chi connectivity index (χ3v) is 1.56. The minimum absolute atomic E-state index is 0.0636. The third-order valence-electron chi connectivity index (χ3n) is 1.56. The zero-order chi connectivity index (χ0) is 7.56. The van der Waals surface area contributed by atoms with Gasteiger partial charge in [0.25, 0.3) is 0 Å². The van der Waals surface area contributed by atoms with Gasteiger partial charge in [-0.25, -0.2) is 0 Å². The summed E-state index contributed by atoms with van der Waals surface area (Å²) in [7, 11) is 2.00. The van der Waals surface area contributed by atoms with Crippen LogP contribution in [-0.4, -0.2) is 7.85 Å². The average molecular weight is 137 g/mol. The number of hydrogen-bond acceptors (Lipinski definition) is 2. The van der Waals surface area contributed by atoms with Crippen LogP contribution in [0.15, 0.2) is 16.7 Å². The Balaban J connectivity index is 2.74. The fourth-order valence-electron chi connectivity index (χ4n) is 0.849. The van der Waals surface area contributed by atoms with Crippen molar-refractivity contribution >= 4 is 13.3 Å². The summed E-state index contributed by atoms with van der Waals surface area (Å²) in [4.78, 5) is 0. The highest BCUT2D eigenvalue weighted by Gasteiger charge is 2.05. The topological polar surface area (TPSA) is 39.2 Å². The van der Waals surface area contributed by atoms with Gasteiger partial charge < -0.3 is 10.2 Å². The van der Waals surface area contributed by atoms with E-state index in [1.165, 1.54) is 0 Å². The molecular formula is C7H12BNO. The Labute approximate surface area is 61.8 Å². The molecule has 2 nitrogen and oxygen atoms in total. The van der Waals surface area contributed by atoms with Crippen LogP contribution < -0.4 is 11.2 Å². The Hall–Kier alpha value is -0.695. The van der Waals surface area contributed by atoms with E-state index in [0.29, 0.717) is 0 Å². The summed E-state index contributed by atoms with van der Waals surface area (Å²) < 4.78 is 5.19. The lowest BCUT2D eigenvalue weighted by Crippen LogP contribution is -2.07. The van der Waals surface area contributed by atoms with E-state index in [9.17, 15) is 0 Å². The summed E-state index contributed by atoms with van der Waals surface area (Å²) in [6, 6.07) is 2.04. The fraction of sp³-hybridized carbons (Fsp3) is 0.429. The molecule has 0 aliphatic carbocycles. The van der Waals surface area contributed by atoms with E-state index in [0.717, 1.165) is 17.6 Å². The molecule has 1 heterocycles. The van der Waals surface area contributed by atoms with Crippen LogP contribution in [-0.2, 0) is 0 Å². The normalized spacial score (nSPS) is 13.4. The molecule has 1 unspecified atom stereocenters. The van der Waals surface area contributed by atoms with Gasteiger partial charge in [0.2, 0.25) is 0 Å². The molecule has 1 aromatic heterocycles. The van der Waals surface area contributed by atoms with Crippen LogP contribution in [0.5, 0.6) is 0 Å². The summed E-state index contributed by atoms with van der Waals surface area (Å²) in [5.41, 5.74) is 6.85. The Morgan fingerprint density at radius 3 is 2.90 bits per heavy atom.